The minimum Gasteiger partial charge on any atom is -0.478 e. The number of aryl methyl sites for hydroxylation is 1. The maximum absolute atomic E-state index is 11.7. The van der Waals surface area contributed by atoms with Gasteiger partial charge in [-0.2, -0.15) is 0 Å². The molecule has 0 aliphatic heterocycles. The highest BCUT2D eigenvalue weighted by molar-refractivity contribution is 9.10. The second-order valence-corrected chi connectivity index (χ2v) is 7.38. The van der Waals surface area contributed by atoms with Crippen molar-refractivity contribution in [2.24, 2.45) is 0 Å². The first-order chi connectivity index (χ1) is 13.5. The Kier molecular flexibility index (Phi) is 4.84. The number of pyridine rings is 1. The lowest BCUT2D eigenvalue weighted by Crippen LogP contribution is -2.00. The van der Waals surface area contributed by atoms with Gasteiger partial charge in [0.1, 0.15) is 11.5 Å². The third kappa shape index (κ3) is 3.75. The molecule has 0 aliphatic rings. The van der Waals surface area contributed by atoms with Crippen LogP contribution in [0, 0.1) is 6.92 Å². The number of halogens is 1. The van der Waals surface area contributed by atoms with Crippen molar-refractivity contribution in [1.29, 1.82) is 0 Å². The Balaban J connectivity index is 1.66. The summed E-state index contributed by atoms with van der Waals surface area (Å²) >= 11 is 3.42. The molecule has 4 rings (SSSR count). The number of aromatic carboxylic acids is 1. The van der Waals surface area contributed by atoms with E-state index in [1.165, 1.54) is 0 Å². The molecule has 0 aliphatic carbocycles. The van der Waals surface area contributed by atoms with Gasteiger partial charge in [-0.15, -0.1) is 0 Å². The fraction of sp³-hybridized carbons (Fsp3) is 0.0435. The van der Waals surface area contributed by atoms with Crippen molar-refractivity contribution >= 4 is 45.0 Å². The number of carboxylic acid groups (broad SMARTS) is 1. The molecule has 2 aromatic carbocycles. The van der Waals surface area contributed by atoms with Crippen molar-refractivity contribution < 1.29 is 14.3 Å². The number of hydrogen-bond donors (Lipinski definition) is 1. The summed E-state index contributed by atoms with van der Waals surface area (Å²) in [6.07, 6.45) is 3.55. The van der Waals surface area contributed by atoms with Crippen LogP contribution in [-0.2, 0) is 0 Å². The van der Waals surface area contributed by atoms with Crippen LogP contribution in [-0.4, -0.2) is 16.1 Å². The number of benzene rings is 2. The van der Waals surface area contributed by atoms with Crippen LogP contribution >= 0.6 is 15.9 Å². The molecule has 0 saturated carbocycles. The minimum absolute atomic E-state index is 0.239. The quantitative estimate of drug-likeness (QED) is 0.402. The Hall–Kier alpha value is -3.18. The average Bonchev–Trinajstić information content (AvgIpc) is 3.15. The minimum atomic E-state index is -0.969. The molecule has 0 atom stereocenters. The van der Waals surface area contributed by atoms with E-state index in [0.29, 0.717) is 22.4 Å². The summed E-state index contributed by atoms with van der Waals surface area (Å²) in [6, 6.07) is 18.8. The van der Waals surface area contributed by atoms with Crippen LogP contribution in [0.25, 0.3) is 34.4 Å². The number of carboxylic acids is 1. The molecule has 0 bridgehead atoms. The van der Waals surface area contributed by atoms with E-state index in [1.807, 2.05) is 61.5 Å². The summed E-state index contributed by atoms with van der Waals surface area (Å²) < 4.78 is 6.88. The van der Waals surface area contributed by atoms with E-state index in [4.69, 9.17) is 4.42 Å². The third-order valence-corrected chi connectivity index (χ3v) is 4.92. The molecule has 4 aromatic rings. The molecule has 138 valence electrons. The Bertz CT molecular complexity index is 1210. The van der Waals surface area contributed by atoms with Gasteiger partial charge in [0, 0.05) is 15.4 Å². The normalized spacial score (nSPS) is 11.4. The van der Waals surface area contributed by atoms with E-state index in [1.54, 1.807) is 18.2 Å². The van der Waals surface area contributed by atoms with Crippen molar-refractivity contribution in [1.82, 2.24) is 4.98 Å². The van der Waals surface area contributed by atoms with Gasteiger partial charge < -0.3 is 9.52 Å². The molecule has 2 aromatic heterocycles. The van der Waals surface area contributed by atoms with Crippen LogP contribution < -0.4 is 0 Å². The van der Waals surface area contributed by atoms with Gasteiger partial charge >= 0.3 is 5.97 Å². The molecule has 28 heavy (non-hydrogen) atoms. The first-order valence-electron chi connectivity index (χ1n) is 8.68. The number of aromatic nitrogens is 1. The lowest BCUT2D eigenvalue weighted by atomic mass is 10.1. The monoisotopic (exact) mass is 433 g/mol. The molecule has 0 spiro atoms. The molecule has 0 saturated heterocycles. The summed E-state index contributed by atoms with van der Waals surface area (Å²) in [5, 5.41) is 10.2. The third-order valence-electron chi connectivity index (χ3n) is 4.39. The molecule has 5 heteroatoms. The van der Waals surface area contributed by atoms with Crippen LogP contribution in [0.2, 0.25) is 0 Å². The SMILES string of the molecule is Cc1ccc2nc(/C=C/c3ccc(-c4ccc(Br)cc4)o3)cc(C(=O)O)c2c1. The lowest BCUT2D eigenvalue weighted by molar-refractivity contribution is 0.0699. The highest BCUT2D eigenvalue weighted by Gasteiger charge is 2.11. The number of hydrogen-bond acceptors (Lipinski definition) is 3. The van der Waals surface area contributed by atoms with E-state index >= 15 is 0 Å². The zero-order valence-corrected chi connectivity index (χ0v) is 16.6. The van der Waals surface area contributed by atoms with Gasteiger partial charge in [-0.05, 0) is 61.5 Å². The van der Waals surface area contributed by atoms with E-state index < -0.39 is 5.97 Å². The zero-order valence-electron chi connectivity index (χ0n) is 15.0. The van der Waals surface area contributed by atoms with Gasteiger partial charge in [0.15, 0.2) is 0 Å². The summed E-state index contributed by atoms with van der Waals surface area (Å²) in [7, 11) is 0. The highest BCUT2D eigenvalue weighted by Crippen LogP contribution is 2.25. The molecule has 4 nitrogen and oxygen atoms in total. The first kappa shape index (κ1) is 18.2. The zero-order chi connectivity index (χ0) is 19.7. The van der Waals surface area contributed by atoms with Gasteiger partial charge in [0.05, 0.1) is 16.8 Å². The maximum atomic E-state index is 11.7. The van der Waals surface area contributed by atoms with Crippen LogP contribution in [0.1, 0.15) is 27.4 Å². The van der Waals surface area contributed by atoms with Crippen LogP contribution in [0.15, 0.2) is 69.6 Å². The van der Waals surface area contributed by atoms with Gasteiger partial charge in [-0.3, -0.25) is 0 Å². The van der Waals surface area contributed by atoms with Gasteiger partial charge in [-0.25, -0.2) is 9.78 Å². The van der Waals surface area contributed by atoms with E-state index in [2.05, 4.69) is 20.9 Å². The standard InChI is InChI=1S/C23H16BrNO3/c1-14-2-10-21-19(12-14)20(23(26)27)13-17(25-21)7-8-18-9-11-22(28-18)15-3-5-16(24)6-4-15/h2-13H,1H3,(H,26,27)/b8-7+. The Morgan fingerprint density at radius 2 is 1.82 bits per heavy atom. The lowest BCUT2D eigenvalue weighted by Gasteiger charge is -2.05. The maximum Gasteiger partial charge on any atom is 0.336 e. The molecule has 0 amide bonds. The molecule has 1 N–H and O–H groups in total. The molecule has 0 radical (unpaired) electrons. The van der Waals surface area contributed by atoms with Crippen LogP contribution in [0.3, 0.4) is 0 Å². The second kappa shape index (κ2) is 7.44. The highest BCUT2D eigenvalue weighted by atomic mass is 79.9. The Morgan fingerprint density at radius 3 is 2.57 bits per heavy atom. The number of rotatable bonds is 4. The molecule has 0 unspecified atom stereocenters. The molecule has 0 fully saturated rings. The number of carbonyl (C=O) groups is 1. The van der Waals surface area contributed by atoms with Crippen LogP contribution in [0.5, 0.6) is 0 Å². The fourth-order valence-corrected chi connectivity index (χ4v) is 3.27. The van der Waals surface area contributed by atoms with Crippen LogP contribution in [0.4, 0.5) is 0 Å². The molecular formula is C23H16BrNO3. The smallest absolute Gasteiger partial charge is 0.336 e. The van der Waals surface area contributed by atoms with Gasteiger partial charge in [0.25, 0.3) is 0 Å². The summed E-state index contributed by atoms with van der Waals surface area (Å²) in [4.78, 5) is 16.2. The first-order valence-corrected chi connectivity index (χ1v) is 9.47. The predicted octanol–water partition coefficient (Wildman–Crippen LogP) is 6.43. The summed E-state index contributed by atoms with van der Waals surface area (Å²) in [5.41, 5.74) is 3.44. The van der Waals surface area contributed by atoms with Crippen molar-refractivity contribution in [3.63, 3.8) is 0 Å². The van der Waals surface area contributed by atoms with Gasteiger partial charge in [0.2, 0.25) is 0 Å². The van der Waals surface area contributed by atoms with E-state index in [0.717, 1.165) is 21.4 Å². The Morgan fingerprint density at radius 1 is 1.04 bits per heavy atom. The largest absolute Gasteiger partial charge is 0.478 e. The average molecular weight is 434 g/mol. The molecular weight excluding hydrogens is 418 g/mol. The molecule has 2 heterocycles. The summed E-state index contributed by atoms with van der Waals surface area (Å²) in [5.74, 6) is 0.462. The number of furan rings is 1. The second-order valence-electron chi connectivity index (χ2n) is 6.46. The van der Waals surface area contributed by atoms with E-state index in [9.17, 15) is 9.90 Å². The van der Waals surface area contributed by atoms with Crippen molar-refractivity contribution in [2.45, 2.75) is 6.92 Å². The van der Waals surface area contributed by atoms with Crippen molar-refractivity contribution in [3.8, 4) is 11.3 Å². The summed E-state index contributed by atoms with van der Waals surface area (Å²) in [6.45, 7) is 1.93. The predicted molar refractivity (Wildman–Crippen MR) is 114 cm³/mol. The van der Waals surface area contributed by atoms with Crippen molar-refractivity contribution in [3.05, 3.63) is 87.7 Å². The van der Waals surface area contributed by atoms with Crippen molar-refractivity contribution in [2.75, 3.05) is 0 Å². The number of nitrogens with zero attached hydrogens (tertiary/aromatic N) is 1. The number of fused-ring (bicyclic) bond motifs is 1. The Labute approximate surface area is 170 Å². The topological polar surface area (TPSA) is 63.3 Å². The van der Waals surface area contributed by atoms with E-state index in [-0.39, 0.29) is 5.56 Å². The van der Waals surface area contributed by atoms with Gasteiger partial charge in [-0.1, -0.05) is 39.7 Å². The fourth-order valence-electron chi connectivity index (χ4n) is 3.00.